The van der Waals surface area contributed by atoms with Crippen LogP contribution in [0.15, 0.2) is 0 Å². The van der Waals surface area contributed by atoms with Crippen LogP contribution in [0.1, 0.15) is 59.8 Å². The zero-order valence-electron chi connectivity index (χ0n) is 15.7. The summed E-state index contributed by atoms with van der Waals surface area (Å²) in [5, 5.41) is 5.28. The predicted molar refractivity (Wildman–Crippen MR) is 94.7 cm³/mol. The number of rotatable bonds is 10. The van der Waals surface area contributed by atoms with Crippen LogP contribution in [0, 0.1) is 17.3 Å². The first-order chi connectivity index (χ1) is 11.6. The Bertz CT molecular complexity index is 524. The van der Waals surface area contributed by atoms with Gasteiger partial charge in [0, 0.05) is 18.4 Å². The van der Waals surface area contributed by atoms with Crippen LogP contribution in [-0.2, 0) is 14.4 Å². The van der Waals surface area contributed by atoms with E-state index in [2.05, 4.69) is 10.6 Å². The monoisotopic (exact) mass is 353 g/mol. The first-order valence-corrected chi connectivity index (χ1v) is 9.04. The van der Waals surface area contributed by atoms with Gasteiger partial charge >= 0.3 is 6.03 Å². The van der Waals surface area contributed by atoms with Crippen molar-refractivity contribution in [2.24, 2.45) is 23.0 Å². The third kappa shape index (κ3) is 5.28. The molecule has 1 saturated carbocycles. The van der Waals surface area contributed by atoms with Crippen LogP contribution >= 0.6 is 0 Å². The Morgan fingerprint density at radius 2 is 1.64 bits per heavy atom. The largest absolute Gasteiger partial charge is 0.352 e. The predicted octanol–water partition coefficient (Wildman–Crippen LogP) is 1.54. The lowest BCUT2D eigenvalue weighted by atomic mass is 9.63. The summed E-state index contributed by atoms with van der Waals surface area (Å²) in [6.07, 6.45) is 2.84. The molecule has 1 aliphatic carbocycles. The van der Waals surface area contributed by atoms with Crippen molar-refractivity contribution in [2.45, 2.75) is 65.8 Å². The summed E-state index contributed by atoms with van der Waals surface area (Å²) >= 11 is 0. The minimum absolute atomic E-state index is 0.0533. The zero-order valence-corrected chi connectivity index (χ0v) is 15.7. The molecule has 1 atom stereocenters. The highest BCUT2D eigenvalue weighted by molar-refractivity contribution is 6.08. The first-order valence-electron chi connectivity index (χ1n) is 9.04. The van der Waals surface area contributed by atoms with Crippen molar-refractivity contribution < 1.29 is 19.2 Å². The summed E-state index contributed by atoms with van der Waals surface area (Å²) in [4.78, 5) is 48.4. The zero-order chi connectivity index (χ0) is 19.2. The van der Waals surface area contributed by atoms with Crippen LogP contribution in [0.4, 0.5) is 4.79 Å². The number of hydrogen-bond acceptors (Lipinski definition) is 4. The Balaban J connectivity index is 2.78. The molecular weight excluding hydrogens is 322 g/mol. The van der Waals surface area contributed by atoms with Crippen molar-refractivity contribution in [3.05, 3.63) is 0 Å². The average Bonchev–Trinajstić information content (AvgIpc) is 2.47. The summed E-state index contributed by atoms with van der Waals surface area (Å²) in [6, 6.07) is -1.27. The number of hydrogen-bond donors (Lipinski definition) is 3. The number of carbonyl (C=O) groups excluding carboxylic acids is 4. The molecule has 0 bridgehead atoms. The quantitative estimate of drug-likeness (QED) is 0.408. The van der Waals surface area contributed by atoms with E-state index >= 15 is 0 Å². The lowest BCUT2D eigenvalue weighted by molar-refractivity contribution is -0.151. The molecule has 1 rings (SSSR count). The third-order valence-electron chi connectivity index (χ3n) is 4.82. The maximum atomic E-state index is 12.8. The minimum atomic E-state index is -0.977. The number of Topliss-reactive ketones (excluding diaryl/α,β-unsaturated/α-hetero) is 2. The Hall–Kier alpha value is -1.92. The number of nitrogens with one attached hydrogen (secondary N) is 2. The molecule has 4 N–H and O–H groups in total. The van der Waals surface area contributed by atoms with E-state index in [4.69, 9.17) is 5.73 Å². The van der Waals surface area contributed by atoms with Gasteiger partial charge in [-0.15, -0.1) is 0 Å². The summed E-state index contributed by atoms with van der Waals surface area (Å²) in [6.45, 7) is 7.48. The lowest BCUT2D eigenvalue weighted by Gasteiger charge is -2.40. The van der Waals surface area contributed by atoms with Crippen molar-refractivity contribution in [3.8, 4) is 0 Å². The SMILES string of the molecule is CC(C)C(=O)[C@H](CCCNC(N)=O)NC(=O)C1(C(=O)C(C)C)CCC1. The maximum Gasteiger partial charge on any atom is 0.312 e. The number of ketones is 2. The van der Waals surface area contributed by atoms with E-state index in [0.717, 1.165) is 6.42 Å². The van der Waals surface area contributed by atoms with E-state index in [1.54, 1.807) is 27.7 Å². The molecule has 0 aliphatic heterocycles. The molecule has 1 fully saturated rings. The molecule has 0 aromatic rings. The average molecular weight is 353 g/mol. The van der Waals surface area contributed by atoms with Gasteiger partial charge in [0.15, 0.2) is 11.6 Å². The number of urea groups is 1. The Kier molecular flexibility index (Phi) is 7.58. The van der Waals surface area contributed by atoms with Crippen LogP contribution in [0.2, 0.25) is 0 Å². The van der Waals surface area contributed by atoms with Gasteiger partial charge in [0.05, 0.1) is 6.04 Å². The number of primary amides is 1. The smallest absolute Gasteiger partial charge is 0.312 e. The van der Waals surface area contributed by atoms with Gasteiger partial charge in [-0.2, -0.15) is 0 Å². The lowest BCUT2D eigenvalue weighted by Crippen LogP contribution is -2.56. The highest BCUT2D eigenvalue weighted by Gasteiger charge is 2.51. The maximum absolute atomic E-state index is 12.8. The Morgan fingerprint density at radius 3 is 2.04 bits per heavy atom. The normalized spacial score (nSPS) is 16.9. The Labute approximate surface area is 149 Å². The van der Waals surface area contributed by atoms with Crippen molar-refractivity contribution in [2.75, 3.05) is 6.54 Å². The van der Waals surface area contributed by atoms with Crippen molar-refractivity contribution in [1.82, 2.24) is 10.6 Å². The highest BCUT2D eigenvalue weighted by atomic mass is 16.2. The molecule has 7 nitrogen and oxygen atoms in total. The molecular formula is C18H31N3O4. The van der Waals surface area contributed by atoms with E-state index < -0.39 is 17.5 Å². The van der Waals surface area contributed by atoms with Gasteiger partial charge in [-0.25, -0.2) is 4.79 Å². The summed E-state index contributed by atoms with van der Waals surface area (Å²) in [5.41, 5.74) is 4.04. The van der Waals surface area contributed by atoms with Gasteiger partial charge in [-0.3, -0.25) is 14.4 Å². The van der Waals surface area contributed by atoms with Crippen LogP contribution in [0.5, 0.6) is 0 Å². The summed E-state index contributed by atoms with van der Waals surface area (Å²) in [5.74, 6) is -0.904. The van der Waals surface area contributed by atoms with Gasteiger partial charge in [-0.05, 0) is 25.7 Å². The van der Waals surface area contributed by atoms with Gasteiger partial charge in [0.25, 0.3) is 0 Å². The van der Waals surface area contributed by atoms with Crippen molar-refractivity contribution >= 4 is 23.5 Å². The van der Waals surface area contributed by atoms with Gasteiger partial charge in [-0.1, -0.05) is 34.1 Å². The third-order valence-corrected chi connectivity index (χ3v) is 4.82. The summed E-state index contributed by atoms with van der Waals surface area (Å²) in [7, 11) is 0. The highest BCUT2D eigenvalue weighted by Crippen LogP contribution is 2.44. The molecule has 0 aromatic heterocycles. The van der Waals surface area contributed by atoms with Crippen molar-refractivity contribution in [1.29, 1.82) is 0 Å². The molecule has 142 valence electrons. The fourth-order valence-corrected chi connectivity index (χ4v) is 3.17. The van der Waals surface area contributed by atoms with Crippen molar-refractivity contribution in [3.63, 3.8) is 0 Å². The second-order valence-electron chi connectivity index (χ2n) is 7.47. The standard InChI is InChI=1S/C18H31N3O4/c1-11(2)14(22)13(7-5-10-20-17(19)25)21-16(24)18(8-6-9-18)15(23)12(3)4/h11-13H,5-10H2,1-4H3,(H,21,24)(H3,19,20,25)/t13-/m0/s1. The molecule has 1 aliphatic rings. The summed E-state index contributed by atoms with van der Waals surface area (Å²) < 4.78 is 0. The molecule has 7 heteroatoms. The topological polar surface area (TPSA) is 118 Å². The van der Waals surface area contributed by atoms with E-state index in [1.165, 1.54) is 0 Å². The van der Waals surface area contributed by atoms with Crippen LogP contribution in [0.3, 0.4) is 0 Å². The van der Waals surface area contributed by atoms with E-state index in [9.17, 15) is 19.2 Å². The number of amides is 3. The molecule has 3 amide bonds. The molecule has 0 unspecified atom stereocenters. The number of carbonyl (C=O) groups is 4. The molecule has 0 aromatic carbocycles. The first kappa shape index (κ1) is 21.1. The van der Waals surface area contributed by atoms with Crippen LogP contribution < -0.4 is 16.4 Å². The fraction of sp³-hybridized carbons (Fsp3) is 0.778. The van der Waals surface area contributed by atoms with Crippen LogP contribution in [0.25, 0.3) is 0 Å². The fourth-order valence-electron chi connectivity index (χ4n) is 3.17. The van der Waals surface area contributed by atoms with E-state index in [0.29, 0.717) is 32.2 Å². The van der Waals surface area contributed by atoms with Crippen LogP contribution in [-0.4, -0.2) is 36.1 Å². The van der Waals surface area contributed by atoms with Gasteiger partial charge < -0.3 is 16.4 Å². The van der Waals surface area contributed by atoms with E-state index in [1.807, 2.05) is 0 Å². The molecule has 0 saturated heterocycles. The molecule has 0 spiro atoms. The number of nitrogens with two attached hydrogens (primary N) is 1. The minimum Gasteiger partial charge on any atom is -0.352 e. The molecule has 25 heavy (non-hydrogen) atoms. The Morgan fingerprint density at radius 1 is 1.04 bits per heavy atom. The second kappa shape index (κ2) is 8.97. The van der Waals surface area contributed by atoms with Gasteiger partial charge in [0.2, 0.25) is 5.91 Å². The van der Waals surface area contributed by atoms with E-state index in [-0.39, 0.29) is 29.3 Å². The molecule has 0 radical (unpaired) electrons. The second-order valence-corrected chi connectivity index (χ2v) is 7.47. The molecule has 0 heterocycles. The van der Waals surface area contributed by atoms with Gasteiger partial charge in [0.1, 0.15) is 5.41 Å².